The molecule has 190 valence electrons. The van der Waals surface area contributed by atoms with E-state index in [2.05, 4.69) is 0 Å². The molecule has 0 spiro atoms. The van der Waals surface area contributed by atoms with Crippen LogP contribution in [0.15, 0.2) is 42.5 Å². The van der Waals surface area contributed by atoms with Crippen molar-refractivity contribution in [3.8, 4) is 11.8 Å². The van der Waals surface area contributed by atoms with Gasteiger partial charge in [0.25, 0.3) is 0 Å². The largest absolute Gasteiger partial charge is 0.460 e. The third kappa shape index (κ3) is 4.48. The molecule has 2 aromatic carbocycles. The maximum absolute atomic E-state index is 13.8. The molecule has 4 rings (SSSR count). The maximum Gasteiger partial charge on any atom is 0.344 e. The zero-order valence-electron chi connectivity index (χ0n) is 19.8. The molecule has 0 aliphatic heterocycles. The molecule has 2 bridgehead atoms. The summed E-state index contributed by atoms with van der Waals surface area (Å²) in [6, 6.07) is 10.5. The van der Waals surface area contributed by atoms with Crippen molar-refractivity contribution < 1.29 is 35.7 Å². The van der Waals surface area contributed by atoms with E-state index in [4.69, 9.17) is 8.92 Å². The van der Waals surface area contributed by atoms with Gasteiger partial charge < -0.3 is 8.92 Å². The second-order valence-electron chi connectivity index (χ2n) is 9.90. The average molecular weight is 518 g/mol. The normalized spacial score (nSPS) is 23.2. The minimum atomic E-state index is -4.09. The topological polar surface area (TPSA) is 111 Å². The highest BCUT2D eigenvalue weighted by Gasteiger charge is 2.65. The number of carbonyl (C=O) groups excluding carboxylic acids is 2. The number of benzene rings is 2. The van der Waals surface area contributed by atoms with Crippen LogP contribution in [0, 0.1) is 39.7 Å². The Hall–Kier alpha value is -3.32. The number of ether oxygens (including phenoxy) is 1. The summed E-state index contributed by atoms with van der Waals surface area (Å²) in [5, 5.41) is 9.47. The standard InChI is InChI=1S/C26H25F2NO6S/c1-25(2)18-10-11-26(25,22(30)12-18)15-36(32,33)35-19-8-6-16(7-9-19)17(13-29)14-34-24(31)23-20(27)4-3-5-21(23)28/h3-9,17-18H,10-12,14-15H2,1-2H3. The van der Waals surface area contributed by atoms with Crippen LogP contribution in [0.25, 0.3) is 0 Å². The van der Waals surface area contributed by atoms with Crippen molar-refractivity contribution in [2.24, 2.45) is 16.7 Å². The van der Waals surface area contributed by atoms with Gasteiger partial charge in [0.15, 0.2) is 0 Å². The van der Waals surface area contributed by atoms with Gasteiger partial charge in [0, 0.05) is 6.42 Å². The number of Topliss-reactive ketones (excluding diaryl/α,β-unsaturated/α-hetero) is 1. The number of ketones is 1. The molecule has 7 nitrogen and oxygen atoms in total. The molecule has 0 radical (unpaired) electrons. The Balaban J connectivity index is 1.41. The first-order chi connectivity index (χ1) is 16.9. The molecular formula is C26H25F2NO6S. The molecular weight excluding hydrogens is 492 g/mol. The highest BCUT2D eigenvalue weighted by atomic mass is 32.2. The number of fused-ring (bicyclic) bond motifs is 2. The molecule has 2 aliphatic carbocycles. The minimum absolute atomic E-state index is 0.00932. The van der Waals surface area contributed by atoms with Crippen molar-refractivity contribution in [1.29, 1.82) is 5.26 Å². The monoisotopic (exact) mass is 517 g/mol. The molecule has 2 saturated carbocycles. The fraction of sp³-hybridized carbons (Fsp3) is 0.423. The smallest absolute Gasteiger partial charge is 0.344 e. The summed E-state index contributed by atoms with van der Waals surface area (Å²) in [7, 11) is -4.09. The predicted octanol–water partition coefficient (Wildman–Crippen LogP) is 4.53. The third-order valence-corrected chi connectivity index (χ3v) is 9.06. The number of halogens is 2. The Labute approximate surface area is 208 Å². The molecule has 3 unspecified atom stereocenters. The summed E-state index contributed by atoms with van der Waals surface area (Å²) < 4.78 is 63.5. The van der Waals surface area contributed by atoms with Crippen LogP contribution < -0.4 is 4.18 Å². The first-order valence-corrected chi connectivity index (χ1v) is 13.0. The van der Waals surface area contributed by atoms with Crippen LogP contribution in [0.1, 0.15) is 54.9 Å². The number of nitriles is 1. The van der Waals surface area contributed by atoms with E-state index in [0.29, 0.717) is 18.4 Å². The van der Waals surface area contributed by atoms with Gasteiger partial charge in [-0.2, -0.15) is 13.7 Å². The minimum Gasteiger partial charge on any atom is -0.460 e. The van der Waals surface area contributed by atoms with Gasteiger partial charge in [-0.3, -0.25) is 4.79 Å². The van der Waals surface area contributed by atoms with Gasteiger partial charge >= 0.3 is 16.1 Å². The molecule has 2 aliphatic rings. The van der Waals surface area contributed by atoms with E-state index in [1.165, 1.54) is 24.3 Å². The number of carbonyl (C=O) groups is 2. The van der Waals surface area contributed by atoms with Gasteiger partial charge in [-0.1, -0.05) is 32.0 Å². The lowest BCUT2D eigenvalue weighted by Gasteiger charge is -2.35. The first-order valence-electron chi connectivity index (χ1n) is 11.5. The summed E-state index contributed by atoms with van der Waals surface area (Å²) in [6.45, 7) is 3.41. The van der Waals surface area contributed by atoms with Gasteiger partial charge in [0.2, 0.25) is 0 Å². The van der Waals surface area contributed by atoms with Gasteiger partial charge in [-0.05, 0) is 54.0 Å². The Morgan fingerprint density at radius 3 is 2.33 bits per heavy atom. The Bertz CT molecular complexity index is 1330. The molecule has 2 aromatic rings. The lowest BCUT2D eigenvalue weighted by molar-refractivity contribution is -0.128. The molecule has 0 heterocycles. The Kier molecular flexibility index (Phi) is 6.64. The number of esters is 1. The van der Waals surface area contributed by atoms with E-state index in [0.717, 1.165) is 24.6 Å². The molecule has 0 saturated heterocycles. The quantitative estimate of drug-likeness (QED) is 0.374. The molecule has 10 heteroatoms. The van der Waals surface area contributed by atoms with Crippen molar-refractivity contribution in [2.75, 3.05) is 12.4 Å². The van der Waals surface area contributed by atoms with Crippen molar-refractivity contribution in [1.82, 2.24) is 0 Å². The molecule has 36 heavy (non-hydrogen) atoms. The van der Waals surface area contributed by atoms with Gasteiger partial charge in [-0.25, -0.2) is 13.6 Å². The van der Waals surface area contributed by atoms with E-state index in [1.807, 2.05) is 19.9 Å². The summed E-state index contributed by atoms with van der Waals surface area (Å²) in [5.74, 6) is -4.61. The van der Waals surface area contributed by atoms with Gasteiger partial charge in [-0.15, -0.1) is 0 Å². The number of rotatable bonds is 8. The van der Waals surface area contributed by atoms with Crippen LogP contribution in [-0.4, -0.2) is 32.5 Å². The van der Waals surface area contributed by atoms with E-state index < -0.39 is 62.4 Å². The Morgan fingerprint density at radius 2 is 1.81 bits per heavy atom. The van der Waals surface area contributed by atoms with E-state index in [9.17, 15) is 32.0 Å². The van der Waals surface area contributed by atoms with Crippen molar-refractivity contribution in [2.45, 2.75) is 39.0 Å². The lowest BCUT2D eigenvalue weighted by Crippen LogP contribution is -2.43. The second-order valence-corrected chi connectivity index (χ2v) is 11.5. The van der Waals surface area contributed by atoms with Crippen LogP contribution in [-0.2, 0) is 19.6 Å². The zero-order valence-corrected chi connectivity index (χ0v) is 20.6. The van der Waals surface area contributed by atoms with Crippen molar-refractivity contribution in [3.05, 3.63) is 65.2 Å². The summed E-state index contributed by atoms with van der Waals surface area (Å²) in [5.41, 5.74) is -1.84. The molecule has 0 N–H and O–H groups in total. The van der Waals surface area contributed by atoms with E-state index in [-0.39, 0.29) is 17.5 Å². The average Bonchev–Trinajstić information content (AvgIpc) is 3.14. The van der Waals surface area contributed by atoms with Crippen LogP contribution >= 0.6 is 0 Å². The maximum atomic E-state index is 13.8. The van der Waals surface area contributed by atoms with Crippen molar-refractivity contribution >= 4 is 21.9 Å². The lowest BCUT2D eigenvalue weighted by atomic mass is 9.70. The first kappa shape index (κ1) is 25.8. The van der Waals surface area contributed by atoms with Crippen LogP contribution in [0.3, 0.4) is 0 Å². The van der Waals surface area contributed by atoms with Crippen LogP contribution in [0.5, 0.6) is 5.75 Å². The molecule has 0 amide bonds. The highest BCUT2D eigenvalue weighted by Crippen LogP contribution is 2.64. The second kappa shape index (κ2) is 9.28. The summed E-state index contributed by atoms with van der Waals surface area (Å²) >= 11 is 0. The van der Waals surface area contributed by atoms with E-state index >= 15 is 0 Å². The van der Waals surface area contributed by atoms with Crippen LogP contribution in [0.2, 0.25) is 0 Å². The van der Waals surface area contributed by atoms with Crippen molar-refractivity contribution in [3.63, 3.8) is 0 Å². The zero-order chi connectivity index (χ0) is 26.3. The fourth-order valence-corrected chi connectivity index (χ4v) is 7.22. The SMILES string of the molecule is CC1(C)C2CCC1(CS(=O)(=O)Oc1ccc(C(C#N)COC(=O)c3c(F)cccc3F)cc1)C(=O)C2. The fourth-order valence-electron chi connectivity index (χ4n) is 5.47. The number of nitrogens with zero attached hydrogens (tertiary/aromatic N) is 1. The molecule has 2 fully saturated rings. The Morgan fingerprint density at radius 1 is 1.17 bits per heavy atom. The third-order valence-electron chi connectivity index (χ3n) is 7.77. The highest BCUT2D eigenvalue weighted by molar-refractivity contribution is 7.87. The number of hydrogen-bond acceptors (Lipinski definition) is 7. The van der Waals surface area contributed by atoms with Crippen LogP contribution in [0.4, 0.5) is 8.78 Å². The predicted molar refractivity (Wildman–Crippen MR) is 124 cm³/mol. The van der Waals surface area contributed by atoms with Gasteiger partial charge in [0.05, 0.1) is 17.2 Å². The van der Waals surface area contributed by atoms with E-state index in [1.54, 1.807) is 0 Å². The number of hydrogen-bond donors (Lipinski definition) is 0. The van der Waals surface area contributed by atoms with Gasteiger partial charge in [0.1, 0.15) is 41.3 Å². The summed E-state index contributed by atoms with van der Waals surface area (Å²) in [6.07, 6.45) is 1.72. The molecule has 3 atom stereocenters. The summed E-state index contributed by atoms with van der Waals surface area (Å²) in [4.78, 5) is 24.8. The molecule has 0 aromatic heterocycles.